The van der Waals surface area contributed by atoms with Crippen LogP contribution in [0.15, 0.2) is 48.5 Å². The highest BCUT2D eigenvalue weighted by atomic mass is 16.5. The molecule has 0 heterocycles. The average Bonchev–Trinajstić information content (AvgIpc) is 2.61. The van der Waals surface area contributed by atoms with E-state index in [0.29, 0.717) is 18.0 Å². The van der Waals surface area contributed by atoms with Gasteiger partial charge in [0.2, 0.25) is 11.8 Å². The molecule has 6 heteroatoms. The molecule has 2 amide bonds. The van der Waals surface area contributed by atoms with Gasteiger partial charge in [-0.1, -0.05) is 26.0 Å². The zero-order valence-corrected chi connectivity index (χ0v) is 15.3. The van der Waals surface area contributed by atoms with Crippen molar-refractivity contribution in [2.24, 2.45) is 5.92 Å². The highest BCUT2D eigenvalue weighted by Crippen LogP contribution is 2.18. The molecule has 0 aromatic heterocycles. The first-order chi connectivity index (χ1) is 12.5. The van der Waals surface area contributed by atoms with Crippen LogP contribution in [0.5, 0.6) is 5.75 Å². The van der Waals surface area contributed by atoms with Crippen LogP contribution in [0.4, 0.5) is 17.1 Å². The van der Waals surface area contributed by atoms with Crippen LogP contribution >= 0.6 is 0 Å². The van der Waals surface area contributed by atoms with E-state index < -0.39 is 0 Å². The number of rotatable bonds is 8. The van der Waals surface area contributed by atoms with E-state index >= 15 is 0 Å². The second-order valence-electron chi connectivity index (χ2n) is 6.09. The largest absolute Gasteiger partial charge is 0.494 e. The van der Waals surface area contributed by atoms with Gasteiger partial charge in [-0.25, -0.2) is 0 Å². The number of carbonyl (C=O) groups excluding carboxylic acids is 2. The van der Waals surface area contributed by atoms with Gasteiger partial charge in [0.25, 0.3) is 0 Å². The summed E-state index contributed by atoms with van der Waals surface area (Å²) in [6.45, 7) is 6.29. The van der Waals surface area contributed by atoms with Gasteiger partial charge >= 0.3 is 0 Å². The predicted octanol–water partition coefficient (Wildman–Crippen LogP) is 3.73. The van der Waals surface area contributed by atoms with Crippen LogP contribution in [0.1, 0.15) is 20.8 Å². The average molecular weight is 355 g/mol. The topological polar surface area (TPSA) is 79.5 Å². The number of amides is 2. The lowest BCUT2D eigenvalue weighted by molar-refractivity contribution is -0.119. The monoisotopic (exact) mass is 355 g/mol. The summed E-state index contributed by atoms with van der Waals surface area (Å²) >= 11 is 0. The van der Waals surface area contributed by atoms with Crippen molar-refractivity contribution in [2.75, 3.05) is 29.1 Å². The number of hydrogen-bond donors (Lipinski definition) is 3. The number of hydrogen-bond acceptors (Lipinski definition) is 4. The van der Waals surface area contributed by atoms with E-state index in [9.17, 15) is 9.59 Å². The smallest absolute Gasteiger partial charge is 0.243 e. The quantitative estimate of drug-likeness (QED) is 0.674. The fourth-order valence-corrected chi connectivity index (χ4v) is 2.21. The Bertz CT molecular complexity index is 759. The number of ether oxygens (including phenoxy) is 1. The number of anilines is 3. The summed E-state index contributed by atoms with van der Waals surface area (Å²) in [5.74, 6) is 0.403. The number of nitrogens with one attached hydrogen (secondary N) is 3. The van der Waals surface area contributed by atoms with Crippen molar-refractivity contribution >= 4 is 28.9 Å². The minimum atomic E-state index is -0.181. The molecule has 6 nitrogen and oxygen atoms in total. The summed E-state index contributed by atoms with van der Waals surface area (Å²) < 4.78 is 5.44. The molecule has 2 rings (SSSR count). The van der Waals surface area contributed by atoms with E-state index in [1.807, 2.05) is 45.0 Å². The second kappa shape index (κ2) is 9.46. The third-order valence-electron chi connectivity index (χ3n) is 3.54. The molecule has 0 spiro atoms. The van der Waals surface area contributed by atoms with E-state index in [2.05, 4.69) is 16.0 Å². The Morgan fingerprint density at radius 2 is 1.62 bits per heavy atom. The highest BCUT2D eigenvalue weighted by Gasteiger charge is 2.08. The van der Waals surface area contributed by atoms with E-state index in [4.69, 9.17) is 4.74 Å². The van der Waals surface area contributed by atoms with Crippen LogP contribution in [0.2, 0.25) is 0 Å². The lowest BCUT2D eigenvalue weighted by Gasteiger charge is -2.11. The van der Waals surface area contributed by atoms with Crippen molar-refractivity contribution in [3.63, 3.8) is 0 Å². The standard InChI is InChI=1S/C20H25N3O3/c1-4-26-18-10-6-7-15(12-18)21-13-19(24)22-16-8-5-9-17(11-16)23-20(25)14(2)3/h5-12,14,21H,4,13H2,1-3H3,(H,22,24)(H,23,25). The fourth-order valence-electron chi connectivity index (χ4n) is 2.21. The van der Waals surface area contributed by atoms with Crippen LogP contribution in [-0.2, 0) is 9.59 Å². The van der Waals surface area contributed by atoms with Crippen LogP contribution in [0, 0.1) is 5.92 Å². The van der Waals surface area contributed by atoms with Gasteiger partial charge in [-0.05, 0) is 37.3 Å². The van der Waals surface area contributed by atoms with Crippen molar-refractivity contribution < 1.29 is 14.3 Å². The van der Waals surface area contributed by atoms with E-state index in [1.54, 1.807) is 24.3 Å². The zero-order valence-electron chi connectivity index (χ0n) is 15.3. The van der Waals surface area contributed by atoms with Crippen molar-refractivity contribution in [3.05, 3.63) is 48.5 Å². The van der Waals surface area contributed by atoms with Gasteiger partial charge in [-0.3, -0.25) is 9.59 Å². The molecule has 0 aliphatic rings. The van der Waals surface area contributed by atoms with Gasteiger partial charge in [-0.15, -0.1) is 0 Å². The van der Waals surface area contributed by atoms with E-state index in [-0.39, 0.29) is 24.3 Å². The Morgan fingerprint density at radius 3 is 2.31 bits per heavy atom. The maximum absolute atomic E-state index is 12.1. The molecule has 3 N–H and O–H groups in total. The number of benzene rings is 2. The molecule has 0 saturated heterocycles. The Kier molecular flexibility index (Phi) is 7.02. The maximum atomic E-state index is 12.1. The first-order valence-electron chi connectivity index (χ1n) is 8.65. The first-order valence-corrected chi connectivity index (χ1v) is 8.65. The zero-order chi connectivity index (χ0) is 18.9. The first kappa shape index (κ1) is 19.3. The lowest BCUT2D eigenvalue weighted by atomic mass is 10.2. The van der Waals surface area contributed by atoms with Crippen LogP contribution in [0.25, 0.3) is 0 Å². The molecule has 26 heavy (non-hydrogen) atoms. The van der Waals surface area contributed by atoms with Gasteiger partial charge in [0.15, 0.2) is 0 Å². The molecule has 0 unspecified atom stereocenters. The van der Waals surface area contributed by atoms with Gasteiger partial charge < -0.3 is 20.7 Å². The summed E-state index contributed by atoms with van der Waals surface area (Å²) in [5, 5.41) is 8.69. The second-order valence-corrected chi connectivity index (χ2v) is 6.09. The Balaban J connectivity index is 1.89. The van der Waals surface area contributed by atoms with Crippen LogP contribution in [-0.4, -0.2) is 25.0 Å². The van der Waals surface area contributed by atoms with Crippen molar-refractivity contribution in [1.82, 2.24) is 0 Å². The molecule has 0 radical (unpaired) electrons. The van der Waals surface area contributed by atoms with Gasteiger partial charge in [-0.2, -0.15) is 0 Å². The molecular weight excluding hydrogens is 330 g/mol. The summed E-state index contributed by atoms with van der Waals surface area (Å²) in [7, 11) is 0. The molecule has 0 atom stereocenters. The highest BCUT2D eigenvalue weighted by molar-refractivity contribution is 5.96. The minimum absolute atomic E-state index is 0.0654. The molecule has 138 valence electrons. The fraction of sp³-hybridized carbons (Fsp3) is 0.300. The third kappa shape index (κ3) is 6.12. The summed E-state index contributed by atoms with van der Waals surface area (Å²) in [5.41, 5.74) is 2.09. The van der Waals surface area contributed by atoms with Crippen molar-refractivity contribution in [2.45, 2.75) is 20.8 Å². The molecule has 0 fully saturated rings. The SMILES string of the molecule is CCOc1cccc(NCC(=O)Nc2cccc(NC(=O)C(C)C)c2)c1. The molecule has 0 bridgehead atoms. The van der Waals surface area contributed by atoms with E-state index in [0.717, 1.165) is 11.4 Å². The summed E-state index contributed by atoms with van der Waals surface area (Å²) in [6.07, 6.45) is 0. The maximum Gasteiger partial charge on any atom is 0.243 e. The van der Waals surface area contributed by atoms with E-state index in [1.165, 1.54) is 0 Å². The summed E-state index contributed by atoms with van der Waals surface area (Å²) in [4.78, 5) is 23.9. The Labute approximate surface area is 153 Å². The van der Waals surface area contributed by atoms with Gasteiger partial charge in [0.05, 0.1) is 13.2 Å². The molecule has 2 aromatic rings. The van der Waals surface area contributed by atoms with Crippen LogP contribution in [0.3, 0.4) is 0 Å². The Hall–Kier alpha value is -3.02. The van der Waals surface area contributed by atoms with Crippen molar-refractivity contribution in [1.29, 1.82) is 0 Å². The predicted molar refractivity (Wildman–Crippen MR) is 105 cm³/mol. The molecule has 0 aliphatic carbocycles. The number of carbonyl (C=O) groups is 2. The van der Waals surface area contributed by atoms with Gasteiger partial charge in [0.1, 0.15) is 5.75 Å². The Morgan fingerprint density at radius 1 is 0.962 bits per heavy atom. The summed E-state index contributed by atoms with van der Waals surface area (Å²) in [6, 6.07) is 14.5. The lowest BCUT2D eigenvalue weighted by Crippen LogP contribution is -2.22. The molecule has 0 aliphatic heterocycles. The normalized spacial score (nSPS) is 10.3. The van der Waals surface area contributed by atoms with Gasteiger partial charge in [0, 0.05) is 29.0 Å². The van der Waals surface area contributed by atoms with Crippen LogP contribution < -0.4 is 20.7 Å². The van der Waals surface area contributed by atoms with Crippen molar-refractivity contribution in [3.8, 4) is 5.75 Å². The molecule has 0 saturated carbocycles. The molecular formula is C20H25N3O3. The minimum Gasteiger partial charge on any atom is -0.494 e. The third-order valence-corrected chi connectivity index (χ3v) is 3.54. The molecule has 2 aromatic carbocycles.